The average molecular weight is 450 g/mol. The molecule has 31 heavy (non-hydrogen) atoms. The van der Waals surface area contributed by atoms with Crippen molar-refractivity contribution in [3.8, 4) is 5.75 Å². The first-order chi connectivity index (χ1) is 15.0. The molecule has 0 saturated heterocycles. The van der Waals surface area contributed by atoms with Gasteiger partial charge in [0.15, 0.2) is 15.9 Å². The number of aryl methyl sites for hydroxylation is 2. The maximum atomic E-state index is 12.6. The number of amides is 1. The Bertz CT molecular complexity index is 1460. The second kappa shape index (κ2) is 7.82. The topological polar surface area (TPSA) is 81.4 Å². The summed E-state index contributed by atoms with van der Waals surface area (Å²) in [5.41, 5.74) is 4.98. The van der Waals surface area contributed by atoms with Crippen molar-refractivity contribution < 1.29 is 9.53 Å². The highest BCUT2D eigenvalue weighted by atomic mass is 32.2. The van der Waals surface area contributed by atoms with Gasteiger partial charge >= 0.3 is 0 Å². The van der Waals surface area contributed by atoms with Crippen LogP contribution < -0.4 is 10.1 Å². The third-order valence-corrected chi connectivity index (χ3v) is 6.93. The number of carbonyl (C=O) groups excluding carboxylic acids is 1. The molecule has 1 amide bonds. The average Bonchev–Trinajstić information content (AvgIpc) is 3.35. The quantitative estimate of drug-likeness (QED) is 0.386. The largest absolute Gasteiger partial charge is 0.497 e. The first-order valence-electron chi connectivity index (χ1n) is 9.65. The number of nitrogens with zero attached hydrogens (tertiary/aromatic N) is 4. The number of carbonyl (C=O) groups is 1. The molecule has 1 N–H and O–H groups in total. The third-order valence-electron chi connectivity index (χ3n) is 5.06. The molecule has 0 aliphatic carbocycles. The lowest BCUT2D eigenvalue weighted by atomic mass is 10.1. The normalized spacial score (nSPS) is 11.5. The first-order valence-corrected chi connectivity index (χ1v) is 11.4. The lowest BCUT2D eigenvalue weighted by Crippen LogP contribution is -2.14. The van der Waals surface area contributed by atoms with Crippen molar-refractivity contribution in [3.05, 3.63) is 53.6 Å². The number of thiazole rings is 1. The number of ether oxygens (including phenoxy) is 1. The maximum absolute atomic E-state index is 12.6. The molecule has 0 aliphatic heterocycles. The fourth-order valence-corrected chi connectivity index (χ4v) is 5.25. The molecule has 3 heterocycles. The molecule has 0 bridgehead atoms. The van der Waals surface area contributed by atoms with Crippen LogP contribution in [0, 0.1) is 13.8 Å². The Labute approximate surface area is 186 Å². The number of rotatable bonds is 5. The highest BCUT2D eigenvalue weighted by Gasteiger charge is 2.15. The predicted molar refractivity (Wildman–Crippen MR) is 125 cm³/mol. The Balaban J connectivity index is 1.38. The van der Waals surface area contributed by atoms with Gasteiger partial charge in [-0.15, -0.1) is 10.2 Å². The summed E-state index contributed by atoms with van der Waals surface area (Å²) in [5.74, 6) is 0.836. The number of hydrogen-bond acceptors (Lipinski definition) is 7. The molecule has 5 aromatic rings. The van der Waals surface area contributed by atoms with Crippen LogP contribution in [0.5, 0.6) is 5.75 Å². The van der Waals surface area contributed by atoms with Crippen molar-refractivity contribution in [1.29, 1.82) is 0 Å². The lowest BCUT2D eigenvalue weighted by molar-refractivity contribution is -0.113. The predicted octanol–water partition coefficient (Wildman–Crippen LogP) is 4.85. The fraction of sp³-hybridized carbons (Fsp3) is 0.182. The van der Waals surface area contributed by atoms with Gasteiger partial charge in [0.1, 0.15) is 5.75 Å². The summed E-state index contributed by atoms with van der Waals surface area (Å²) in [6, 6.07) is 13.9. The summed E-state index contributed by atoms with van der Waals surface area (Å²) in [7, 11) is 1.63. The second-order valence-electron chi connectivity index (χ2n) is 7.16. The number of fused-ring (bicyclic) bond motifs is 4. The van der Waals surface area contributed by atoms with E-state index in [2.05, 4.69) is 52.5 Å². The Hall–Kier alpha value is -3.17. The Morgan fingerprint density at radius 2 is 2.03 bits per heavy atom. The number of benzene rings is 2. The number of thioether (sulfide) groups is 1. The van der Waals surface area contributed by atoms with E-state index >= 15 is 0 Å². The van der Waals surface area contributed by atoms with Crippen LogP contribution in [0.15, 0.2) is 47.6 Å². The molecule has 0 aliphatic rings. The molecule has 3 aromatic heterocycles. The molecule has 2 aromatic carbocycles. The smallest absolute Gasteiger partial charge is 0.236 e. The van der Waals surface area contributed by atoms with Crippen LogP contribution in [0.4, 0.5) is 5.13 Å². The summed E-state index contributed by atoms with van der Waals surface area (Å²) in [5, 5.41) is 13.9. The monoisotopic (exact) mass is 449 g/mol. The zero-order valence-electron chi connectivity index (χ0n) is 17.2. The molecule has 0 saturated carbocycles. The van der Waals surface area contributed by atoms with Gasteiger partial charge in [0.2, 0.25) is 5.91 Å². The van der Waals surface area contributed by atoms with Gasteiger partial charge < -0.3 is 10.1 Å². The van der Waals surface area contributed by atoms with Gasteiger partial charge in [0.25, 0.3) is 0 Å². The molecule has 9 heteroatoms. The summed E-state index contributed by atoms with van der Waals surface area (Å²) in [6.45, 7) is 4.15. The van der Waals surface area contributed by atoms with E-state index in [1.807, 2.05) is 28.7 Å². The van der Waals surface area contributed by atoms with Crippen molar-refractivity contribution in [2.24, 2.45) is 0 Å². The summed E-state index contributed by atoms with van der Waals surface area (Å²) in [4.78, 5) is 17.1. The van der Waals surface area contributed by atoms with Gasteiger partial charge in [-0.3, -0.25) is 9.20 Å². The highest BCUT2D eigenvalue weighted by molar-refractivity contribution is 7.99. The van der Waals surface area contributed by atoms with E-state index in [1.54, 1.807) is 7.11 Å². The van der Waals surface area contributed by atoms with Gasteiger partial charge in [-0.05, 0) is 49.2 Å². The first kappa shape index (κ1) is 19.8. The molecular weight excluding hydrogens is 430 g/mol. The molecule has 156 valence electrons. The molecule has 0 radical (unpaired) electrons. The van der Waals surface area contributed by atoms with Crippen molar-refractivity contribution in [3.63, 3.8) is 0 Å². The molecule has 5 rings (SSSR count). The van der Waals surface area contributed by atoms with Crippen LogP contribution in [-0.2, 0) is 4.79 Å². The molecular formula is C22H19N5O2S2. The van der Waals surface area contributed by atoms with Crippen LogP contribution in [0.2, 0.25) is 0 Å². The number of anilines is 1. The zero-order chi connectivity index (χ0) is 21.5. The fourth-order valence-electron chi connectivity index (χ4n) is 3.59. The van der Waals surface area contributed by atoms with Crippen LogP contribution >= 0.6 is 23.1 Å². The van der Waals surface area contributed by atoms with Crippen LogP contribution in [0.25, 0.3) is 26.8 Å². The van der Waals surface area contributed by atoms with Crippen molar-refractivity contribution in [2.75, 3.05) is 18.2 Å². The molecule has 7 nitrogen and oxygen atoms in total. The molecule has 0 atom stereocenters. The van der Waals surface area contributed by atoms with E-state index in [-0.39, 0.29) is 11.7 Å². The standard InChI is InChI=1S/C22H19N5O2S2/c1-12-5-4-6-15-13(2)9-18-25-26-22(27(18)20(12)15)30-11-19(28)24-21-23-16-8-7-14(29-3)10-17(16)31-21/h4-10H,11H2,1-3H3,(H,23,24,28). The minimum atomic E-state index is -0.138. The summed E-state index contributed by atoms with van der Waals surface area (Å²) >= 11 is 2.78. The SMILES string of the molecule is COc1ccc2nc(NC(=O)CSc3nnc4cc(C)c5cccc(C)c5n34)sc2c1. The number of pyridine rings is 1. The Morgan fingerprint density at radius 3 is 2.87 bits per heavy atom. The number of nitrogens with one attached hydrogen (secondary N) is 1. The number of hydrogen-bond donors (Lipinski definition) is 1. The second-order valence-corrected chi connectivity index (χ2v) is 9.14. The van der Waals surface area contributed by atoms with Gasteiger partial charge in [-0.2, -0.15) is 0 Å². The molecule has 0 fully saturated rings. The summed E-state index contributed by atoms with van der Waals surface area (Å²) < 4.78 is 8.24. The van der Waals surface area contributed by atoms with Gasteiger partial charge in [-0.1, -0.05) is 41.3 Å². The van der Waals surface area contributed by atoms with Gasteiger partial charge in [-0.25, -0.2) is 4.98 Å². The molecule has 0 unspecified atom stereocenters. The third kappa shape index (κ3) is 3.60. The number of para-hydroxylation sites is 1. The van der Waals surface area contributed by atoms with Crippen molar-refractivity contribution in [2.45, 2.75) is 19.0 Å². The van der Waals surface area contributed by atoms with Crippen molar-refractivity contribution in [1.82, 2.24) is 19.6 Å². The van der Waals surface area contributed by atoms with Crippen LogP contribution in [0.3, 0.4) is 0 Å². The maximum Gasteiger partial charge on any atom is 0.236 e. The van der Waals surface area contributed by atoms with E-state index < -0.39 is 0 Å². The van der Waals surface area contributed by atoms with Gasteiger partial charge in [0.05, 0.1) is 28.6 Å². The number of aromatic nitrogens is 4. The van der Waals surface area contributed by atoms with E-state index in [0.717, 1.165) is 43.6 Å². The van der Waals surface area contributed by atoms with Crippen LogP contribution in [0.1, 0.15) is 11.1 Å². The van der Waals surface area contributed by atoms with E-state index in [1.165, 1.54) is 23.1 Å². The van der Waals surface area contributed by atoms with Gasteiger partial charge in [0, 0.05) is 5.39 Å². The highest BCUT2D eigenvalue weighted by Crippen LogP contribution is 2.30. The number of methoxy groups -OCH3 is 1. The molecule has 0 spiro atoms. The van der Waals surface area contributed by atoms with E-state index in [0.29, 0.717) is 10.3 Å². The zero-order valence-corrected chi connectivity index (χ0v) is 18.8. The summed E-state index contributed by atoms with van der Waals surface area (Å²) in [6.07, 6.45) is 0. The minimum absolute atomic E-state index is 0.138. The van der Waals surface area contributed by atoms with Crippen molar-refractivity contribution >= 4 is 60.9 Å². The van der Waals surface area contributed by atoms with Crippen LogP contribution in [-0.4, -0.2) is 38.4 Å². The van der Waals surface area contributed by atoms with E-state index in [4.69, 9.17) is 4.74 Å². The minimum Gasteiger partial charge on any atom is -0.497 e. The Morgan fingerprint density at radius 1 is 1.16 bits per heavy atom. The lowest BCUT2D eigenvalue weighted by Gasteiger charge is -2.09. The Kier molecular flexibility index (Phi) is 4.99. The van der Waals surface area contributed by atoms with E-state index in [9.17, 15) is 4.79 Å².